The summed E-state index contributed by atoms with van der Waals surface area (Å²) in [6.45, 7) is 5.81. The zero-order valence-electron chi connectivity index (χ0n) is 25.7. The molecule has 0 spiro atoms. The first-order chi connectivity index (χ1) is 21.7. The molecule has 1 atom stereocenters. The summed E-state index contributed by atoms with van der Waals surface area (Å²) in [5.41, 5.74) is 2.63. The third-order valence-electron chi connectivity index (χ3n) is 9.87. The van der Waals surface area contributed by atoms with Crippen LogP contribution in [0.4, 0.5) is 19.0 Å². The van der Waals surface area contributed by atoms with Crippen molar-refractivity contribution in [3.8, 4) is 6.07 Å². The third kappa shape index (κ3) is 5.54. The predicted octanol–water partition coefficient (Wildman–Crippen LogP) is 6.74. The molecule has 11 heteroatoms. The standard InChI is InChI=1S/C34H37F3N8/c1-21-27-7-5-8-29(30(27)35)34(36,37)24-9-14-44(15-10-24)18-26-19-45(43-42-26)13-4-3-6-23-16-25(33(20-38)11-12-33)17-28-31(23)40-22(2)41-32(28)39-21/h5,7-8,16-17,19,21,24H,3-4,6,9-15,18H2,1-2H3,(H,39,40,41)/t21-/m1/s1. The smallest absolute Gasteiger partial charge is 0.278 e. The highest BCUT2D eigenvalue weighted by molar-refractivity contribution is 5.92. The number of hydrogen-bond acceptors (Lipinski definition) is 7. The van der Waals surface area contributed by atoms with Gasteiger partial charge < -0.3 is 5.32 Å². The van der Waals surface area contributed by atoms with Gasteiger partial charge in [-0.05, 0) is 89.1 Å². The Morgan fingerprint density at radius 3 is 2.62 bits per heavy atom. The maximum atomic E-state index is 16.1. The summed E-state index contributed by atoms with van der Waals surface area (Å²) in [6, 6.07) is 10.2. The lowest BCUT2D eigenvalue weighted by molar-refractivity contribution is -0.0886. The Kier molecular flexibility index (Phi) is 7.51. The number of nitriles is 1. The number of anilines is 1. The van der Waals surface area contributed by atoms with Crippen molar-refractivity contribution in [3.63, 3.8) is 0 Å². The van der Waals surface area contributed by atoms with E-state index in [2.05, 4.69) is 32.7 Å². The van der Waals surface area contributed by atoms with Crippen LogP contribution in [0.3, 0.4) is 0 Å². The topological polar surface area (TPSA) is 95.5 Å². The Bertz CT molecular complexity index is 1780. The largest absolute Gasteiger partial charge is 0.363 e. The summed E-state index contributed by atoms with van der Waals surface area (Å²) >= 11 is 0. The van der Waals surface area contributed by atoms with Crippen LogP contribution in [-0.2, 0) is 30.8 Å². The summed E-state index contributed by atoms with van der Waals surface area (Å²) in [6.07, 6.45) is 6.55. The molecule has 8 rings (SSSR count). The zero-order valence-corrected chi connectivity index (χ0v) is 25.7. The van der Waals surface area contributed by atoms with Crippen molar-refractivity contribution in [2.45, 2.75) is 89.3 Å². The van der Waals surface area contributed by atoms with Crippen LogP contribution in [0.25, 0.3) is 10.9 Å². The molecular weight excluding hydrogens is 577 g/mol. The van der Waals surface area contributed by atoms with Crippen LogP contribution in [-0.4, -0.2) is 43.0 Å². The van der Waals surface area contributed by atoms with Crippen LogP contribution in [0, 0.1) is 30.0 Å². The Morgan fingerprint density at radius 2 is 1.87 bits per heavy atom. The SMILES string of the molecule is Cc1nc2c3cc(C4(C#N)CC4)cc(c3n1)CCCCn1cc(nn1)CN1CCC(CC1)C(F)(F)c1cccc(c1F)[C@@H](C)N2. The third-order valence-corrected chi connectivity index (χ3v) is 9.87. The predicted molar refractivity (Wildman–Crippen MR) is 164 cm³/mol. The molecule has 3 aliphatic heterocycles. The van der Waals surface area contributed by atoms with E-state index in [1.165, 1.54) is 12.1 Å². The lowest BCUT2D eigenvalue weighted by atomic mass is 9.85. The van der Waals surface area contributed by atoms with Crippen molar-refractivity contribution >= 4 is 16.7 Å². The van der Waals surface area contributed by atoms with Crippen molar-refractivity contribution in [3.05, 3.63) is 76.1 Å². The first-order valence-electron chi connectivity index (χ1n) is 15.9. The summed E-state index contributed by atoms with van der Waals surface area (Å²) in [4.78, 5) is 11.6. The van der Waals surface area contributed by atoms with Gasteiger partial charge in [-0.2, -0.15) is 5.26 Å². The zero-order chi connectivity index (χ0) is 31.3. The number of hydrogen-bond donors (Lipinski definition) is 1. The van der Waals surface area contributed by atoms with Gasteiger partial charge in [0.05, 0.1) is 34.3 Å². The molecule has 2 aromatic carbocycles. The van der Waals surface area contributed by atoms with Crippen molar-refractivity contribution in [2.75, 3.05) is 18.4 Å². The summed E-state index contributed by atoms with van der Waals surface area (Å²) < 4.78 is 49.9. The number of fused-ring (bicyclic) bond motifs is 6. The van der Waals surface area contributed by atoms with Crippen LogP contribution in [0.15, 0.2) is 36.5 Å². The van der Waals surface area contributed by atoms with Crippen LogP contribution < -0.4 is 5.32 Å². The van der Waals surface area contributed by atoms with E-state index in [0.29, 0.717) is 37.8 Å². The highest BCUT2D eigenvalue weighted by Gasteiger charge is 2.46. The quantitative estimate of drug-likeness (QED) is 0.254. The molecule has 1 saturated carbocycles. The molecule has 4 aromatic rings. The van der Waals surface area contributed by atoms with E-state index in [0.717, 1.165) is 59.8 Å². The van der Waals surface area contributed by atoms with Crippen molar-refractivity contribution in [1.82, 2.24) is 29.9 Å². The number of rotatable bonds is 1. The first-order valence-corrected chi connectivity index (χ1v) is 15.9. The lowest BCUT2D eigenvalue weighted by Gasteiger charge is -2.36. The molecule has 5 heterocycles. The Balaban J connectivity index is 1.31. The fourth-order valence-corrected chi connectivity index (χ4v) is 7.02. The van der Waals surface area contributed by atoms with Gasteiger partial charge in [-0.25, -0.2) is 23.1 Å². The maximum Gasteiger partial charge on any atom is 0.278 e. The van der Waals surface area contributed by atoms with Crippen molar-refractivity contribution in [1.29, 1.82) is 5.26 Å². The van der Waals surface area contributed by atoms with Crippen molar-refractivity contribution in [2.24, 2.45) is 5.92 Å². The molecule has 2 fully saturated rings. The van der Waals surface area contributed by atoms with E-state index in [4.69, 9.17) is 9.97 Å². The molecule has 2 aromatic heterocycles. The molecule has 45 heavy (non-hydrogen) atoms. The van der Waals surface area contributed by atoms with E-state index in [1.807, 2.05) is 23.9 Å². The summed E-state index contributed by atoms with van der Waals surface area (Å²) in [7, 11) is 0. The summed E-state index contributed by atoms with van der Waals surface area (Å²) in [5, 5.41) is 22.8. The van der Waals surface area contributed by atoms with E-state index in [-0.39, 0.29) is 18.4 Å². The maximum absolute atomic E-state index is 16.1. The number of aromatic nitrogens is 5. The number of piperidine rings is 1. The Labute approximate surface area is 260 Å². The highest BCUT2D eigenvalue weighted by atomic mass is 19.3. The minimum atomic E-state index is -3.32. The highest BCUT2D eigenvalue weighted by Crippen LogP contribution is 2.49. The molecule has 0 amide bonds. The molecule has 0 unspecified atom stereocenters. The minimum absolute atomic E-state index is 0.159. The van der Waals surface area contributed by atoms with Gasteiger partial charge >= 0.3 is 0 Å². The number of alkyl halides is 2. The van der Waals surface area contributed by atoms with Gasteiger partial charge in [-0.15, -0.1) is 5.10 Å². The number of nitrogens with zero attached hydrogens (tertiary/aromatic N) is 7. The number of benzene rings is 2. The number of nitrogens with one attached hydrogen (secondary N) is 1. The Morgan fingerprint density at radius 1 is 1.07 bits per heavy atom. The van der Waals surface area contributed by atoms with Crippen LogP contribution in [0.5, 0.6) is 0 Å². The van der Waals surface area contributed by atoms with Gasteiger partial charge in [0.2, 0.25) is 0 Å². The van der Waals surface area contributed by atoms with Crippen LogP contribution in [0.1, 0.15) is 85.3 Å². The number of aryl methyl sites for hydroxylation is 3. The van der Waals surface area contributed by atoms with Gasteiger partial charge in [-0.1, -0.05) is 29.5 Å². The van der Waals surface area contributed by atoms with Crippen LogP contribution >= 0.6 is 0 Å². The molecule has 8 nitrogen and oxygen atoms in total. The average Bonchev–Trinajstić information content (AvgIpc) is 3.71. The minimum Gasteiger partial charge on any atom is -0.363 e. The number of halogens is 3. The van der Waals surface area contributed by atoms with Gasteiger partial charge in [0.25, 0.3) is 5.92 Å². The van der Waals surface area contributed by atoms with E-state index in [9.17, 15) is 5.26 Å². The lowest BCUT2D eigenvalue weighted by Crippen LogP contribution is -2.39. The second kappa shape index (κ2) is 11.4. The molecule has 1 saturated heterocycles. The molecule has 1 aliphatic carbocycles. The fraction of sp³-hybridized carbons (Fsp3) is 0.500. The second-order valence-electron chi connectivity index (χ2n) is 13.0. The first kappa shape index (κ1) is 29.7. The van der Waals surface area contributed by atoms with Gasteiger partial charge in [0, 0.05) is 36.2 Å². The van der Waals surface area contributed by atoms with Gasteiger partial charge in [0.15, 0.2) is 0 Å². The molecule has 10 bridgehead atoms. The van der Waals surface area contributed by atoms with Gasteiger partial charge in [-0.3, -0.25) is 9.58 Å². The van der Waals surface area contributed by atoms with Gasteiger partial charge in [0.1, 0.15) is 17.5 Å². The molecule has 1 N–H and O–H groups in total. The van der Waals surface area contributed by atoms with E-state index in [1.54, 1.807) is 13.0 Å². The van der Waals surface area contributed by atoms with E-state index < -0.39 is 34.7 Å². The van der Waals surface area contributed by atoms with Crippen molar-refractivity contribution < 1.29 is 13.2 Å². The summed E-state index contributed by atoms with van der Waals surface area (Å²) in [5.74, 6) is -4.12. The molecular formula is C34H37F3N8. The molecule has 234 valence electrons. The molecule has 4 aliphatic rings. The van der Waals surface area contributed by atoms with E-state index >= 15 is 13.2 Å². The average molecular weight is 615 g/mol. The molecule has 0 radical (unpaired) electrons. The Hall–Kier alpha value is -4.04. The van der Waals surface area contributed by atoms with Crippen LogP contribution in [0.2, 0.25) is 0 Å². The second-order valence-corrected chi connectivity index (χ2v) is 13.0. The normalized spacial score (nSPS) is 24.3. The fourth-order valence-electron chi connectivity index (χ4n) is 7.02. The monoisotopic (exact) mass is 614 g/mol.